The van der Waals surface area contributed by atoms with Crippen LogP contribution in [0.4, 0.5) is 0 Å². The molecule has 0 aromatic heterocycles. The first-order valence-electron chi connectivity index (χ1n) is 8.60. The monoisotopic (exact) mass is 314 g/mol. The fourth-order valence-electron chi connectivity index (χ4n) is 2.79. The number of halogens is 1. The van der Waals surface area contributed by atoms with Crippen LogP contribution in [0.5, 0.6) is 0 Å². The van der Waals surface area contributed by atoms with E-state index in [1.165, 1.54) is 64.9 Å². The number of alkyl halides is 1. The molecule has 122 valence electrons. The number of allylic oxidation sites excluding steroid dienone is 2. The third kappa shape index (κ3) is 9.95. The zero-order valence-electron chi connectivity index (χ0n) is 13.6. The van der Waals surface area contributed by atoms with Gasteiger partial charge in [0.1, 0.15) is 0 Å². The predicted molar refractivity (Wildman–Crippen MR) is 89.8 cm³/mol. The molecule has 0 bridgehead atoms. The van der Waals surface area contributed by atoms with Crippen molar-refractivity contribution < 1.29 is 9.53 Å². The topological polar surface area (TPSA) is 26.3 Å². The summed E-state index contributed by atoms with van der Waals surface area (Å²) >= 11 is 5.71. The summed E-state index contributed by atoms with van der Waals surface area (Å²) in [6.07, 6.45) is 15.7. The van der Waals surface area contributed by atoms with Crippen molar-refractivity contribution in [2.24, 2.45) is 0 Å². The quantitative estimate of drug-likeness (QED) is 0.176. The fraction of sp³-hybridized carbons (Fsp3) is 0.833. The van der Waals surface area contributed by atoms with Gasteiger partial charge in [-0.3, -0.25) is 4.79 Å². The van der Waals surface area contributed by atoms with Crippen LogP contribution in [0, 0.1) is 0 Å². The molecule has 0 aromatic carbocycles. The van der Waals surface area contributed by atoms with Crippen LogP contribution >= 0.6 is 11.6 Å². The van der Waals surface area contributed by atoms with E-state index in [0.717, 1.165) is 25.1 Å². The highest BCUT2D eigenvalue weighted by Gasteiger charge is 2.19. The van der Waals surface area contributed by atoms with E-state index in [4.69, 9.17) is 11.6 Å². The Morgan fingerprint density at radius 3 is 2.00 bits per heavy atom. The highest BCUT2D eigenvalue weighted by atomic mass is 35.5. The first-order chi connectivity index (χ1) is 10.3. The summed E-state index contributed by atoms with van der Waals surface area (Å²) < 4.78 is 4.63. The van der Waals surface area contributed by atoms with Gasteiger partial charge in [-0.15, -0.1) is 11.6 Å². The van der Waals surface area contributed by atoms with Gasteiger partial charge in [-0.25, -0.2) is 0 Å². The van der Waals surface area contributed by atoms with Crippen molar-refractivity contribution in [1.82, 2.24) is 0 Å². The molecule has 2 nitrogen and oxygen atoms in total. The molecule has 1 rings (SSSR count). The molecule has 0 amide bonds. The number of esters is 1. The van der Waals surface area contributed by atoms with Crippen LogP contribution < -0.4 is 0 Å². The van der Waals surface area contributed by atoms with Crippen molar-refractivity contribution in [3.63, 3.8) is 0 Å². The molecule has 3 heteroatoms. The molecule has 0 spiro atoms. The zero-order chi connectivity index (χ0) is 15.3. The van der Waals surface area contributed by atoms with E-state index in [0.29, 0.717) is 6.42 Å². The van der Waals surface area contributed by atoms with Gasteiger partial charge >= 0.3 is 5.97 Å². The number of hydrogen-bond donors (Lipinski definition) is 0. The van der Waals surface area contributed by atoms with E-state index in [-0.39, 0.29) is 5.97 Å². The number of unbranched alkanes of at least 4 members (excludes halogenated alkanes) is 7. The highest BCUT2D eigenvalue weighted by molar-refractivity contribution is 6.17. The fourth-order valence-corrected chi connectivity index (χ4v) is 2.93. The van der Waals surface area contributed by atoms with Crippen LogP contribution in [0.3, 0.4) is 0 Å². The molecule has 0 radical (unpaired) electrons. The summed E-state index contributed by atoms with van der Waals surface area (Å²) in [6.45, 7) is 0. The van der Waals surface area contributed by atoms with Crippen molar-refractivity contribution in [2.75, 3.05) is 13.0 Å². The molecule has 0 aromatic rings. The van der Waals surface area contributed by atoms with Crippen LogP contribution in [-0.4, -0.2) is 19.0 Å². The summed E-state index contributed by atoms with van der Waals surface area (Å²) in [5, 5.41) is 0. The number of carbonyl (C=O) groups excluding carboxylic acids is 1. The van der Waals surface area contributed by atoms with E-state index < -0.39 is 0 Å². The molecular formula is C18H31ClO2. The molecular weight excluding hydrogens is 284 g/mol. The van der Waals surface area contributed by atoms with E-state index in [2.05, 4.69) is 4.74 Å². The number of methoxy groups -OCH3 is 1. The van der Waals surface area contributed by atoms with Gasteiger partial charge in [-0.1, -0.05) is 49.7 Å². The maximum Gasteiger partial charge on any atom is 0.305 e. The normalized spacial score (nSPS) is 13.6. The molecule has 0 heterocycles. The Kier molecular flexibility index (Phi) is 10.7. The summed E-state index contributed by atoms with van der Waals surface area (Å²) in [4.78, 5) is 10.9. The van der Waals surface area contributed by atoms with Crippen LogP contribution in [0.15, 0.2) is 11.1 Å². The highest BCUT2D eigenvalue weighted by Crippen LogP contribution is 2.38. The van der Waals surface area contributed by atoms with Gasteiger partial charge in [-0.2, -0.15) is 0 Å². The minimum atomic E-state index is -0.0743. The lowest BCUT2D eigenvalue weighted by Gasteiger charge is -2.01. The number of carbonyl (C=O) groups is 1. The smallest absolute Gasteiger partial charge is 0.305 e. The predicted octanol–water partition coefficient (Wildman–Crippen LogP) is 5.78. The molecule has 1 aliphatic rings. The van der Waals surface area contributed by atoms with E-state index in [1.54, 1.807) is 11.1 Å². The van der Waals surface area contributed by atoms with Crippen molar-refractivity contribution in [1.29, 1.82) is 0 Å². The van der Waals surface area contributed by atoms with E-state index >= 15 is 0 Å². The molecule has 1 aliphatic carbocycles. The second kappa shape index (κ2) is 12.1. The second-order valence-electron chi connectivity index (χ2n) is 6.08. The van der Waals surface area contributed by atoms with Gasteiger partial charge in [0, 0.05) is 12.3 Å². The second-order valence-corrected chi connectivity index (χ2v) is 6.46. The molecule has 0 aliphatic heterocycles. The molecule has 21 heavy (non-hydrogen) atoms. The minimum Gasteiger partial charge on any atom is -0.469 e. The average Bonchev–Trinajstić information content (AvgIpc) is 3.25. The molecule has 0 atom stereocenters. The van der Waals surface area contributed by atoms with Gasteiger partial charge in [0.25, 0.3) is 0 Å². The Labute approximate surface area is 135 Å². The Morgan fingerprint density at radius 1 is 0.905 bits per heavy atom. The lowest BCUT2D eigenvalue weighted by molar-refractivity contribution is -0.140. The number of hydrogen-bond acceptors (Lipinski definition) is 2. The maximum atomic E-state index is 10.9. The summed E-state index contributed by atoms with van der Waals surface area (Å²) in [5.74, 6) is 0.728. The molecule has 0 unspecified atom stereocenters. The molecule has 0 fully saturated rings. The van der Waals surface area contributed by atoms with Crippen LogP contribution in [0.2, 0.25) is 0 Å². The van der Waals surface area contributed by atoms with E-state index in [9.17, 15) is 4.79 Å². The molecule has 0 N–H and O–H groups in total. The van der Waals surface area contributed by atoms with Gasteiger partial charge in [0.2, 0.25) is 0 Å². The largest absolute Gasteiger partial charge is 0.469 e. The van der Waals surface area contributed by atoms with Crippen molar-refractivity contribution in [2.45, 2.75) is 83.5 Å². The number of rotatable bonds is 14. The maximum absolute atomic E-state index is 10.9. The first-order valence-corrected chi connectivity index (χ1v) is 9.14. The van der Waals surface area contributed by atoms with Crippen LogP contribution in [0.1, 0.15) is 83.5 Å². The van der Waals surface area contributed by atoms with Gasteiger partial charge in [0.15, 0.2) is 0 Å². The Morgan fingerprint density at radius 2 is 1.43 bits per heavy atom. The lowest BCUT2D eigenvalue weighted by Crippen LogP contribution is -1.99. The van der Waals surface area contributed by atoms with Gasteiger partial charge in [-0.05, 0) is 38.5 Å². The zero-order valence-corrected chi connectivity index (χ0v) is 14.3. The van der Waals surface area contributed by atoms with Crippen LogP contribution in [-0.2, 0) is 9.53 Å². The molecule has 0 saturated heterocycles. The molecule has 0 saturated carbocycles. The summed E-state index contributed by atoms with van der Waals surface area (Å²) in [5.41, 5.74) is 3.42. The Balaban J connectivity index is 1.77. The number of ether oxygens (including phenoxy) is 1. The lowest BCUT2D eigenvalue weighted by atomic mass is 10.1. The van der Waals surface area contributed by atoms with E-state index in [1.807, 2.05) is 0 Å². The van der Waals surface area contributed by atoms with Gasteiger partial charge < -0.3 is 4.74 Å². The minimum absolute atomic E-state index is 0.0743. The first kappa shape index (κ1) is 18.5. The third-order valence-corrected chi connectivity index (χ3v) is 4.52. The van der Waals surface area contributed by atoms with Gasteiger partial charge in [0.05, 0.1) is 7.11 Å². The van der Waals surface area contributed by atoms with Crippen molar-refractivity contribution in [3.05, 3.63) is 11.1 Å². The summed E-state index contributed by atoms with van der Waals surface area (Å²) in [6, 6.07) is 0. The van der Waals surface area contributed by atoms with Crippen molar-refractivity contribution in [3.8, 4) is 0 Å². The van der Waals surface area contributed by atoms with Crippen molar-refractivity contribution >= 4 is 17.6 Å². The average molecular weight is 315 g/mol. The Hall–Kier alpha value is -0.500. The van der Waals surface area contributed by atoms with Crippen LogP contribution in [0.25, 0.3) is 0 Å². The third-order valence-electron chi connectivity index (χ3n) is 4.25. The Bertz CT molecular complexity index is 323. The standard InChI is InChI=1S/C18H31ClO2/c1-21-18(20)13-9-7-5-3-2-4-6-8-11-16-15-17(16)12-10-14-19/h2-15H2,1H3. The SMILES string of the molecule is COC(=O)CCCCCCCCCCC1=C(CCCCl)C1. The summed E-state index contributed by atoms with van der Waals surface area (Å²) in [7, 11) is 1.46.